The Morgan fingerprint density at radius 2 is 2.10 bits per heavy atom. The molecule has 20 heavy (non-hydrogen) atoms. The van der Waals surface area contributed by atoms with Gasteiger partial charge < -0.3 is 15.4 Å². The van der Waals surface area contributed by atoms with Gasteiger partial charge in [-0.3, -0.25) is 9.69 Å². The van der Waals surface area contributed by atoms with Gasteiger partial charge in [-0.1, -0.05) is 13.3 Å². The zero-order valence-corrected chi connectivity index (χ0v) is 12.7. The maximum Gasteiger partial charge on any atom is 0.224 e. The van der Waals surface area contributed by atoms with Crippen LogP contribution in [0.2, 0.25) is 0 Å². The molecule has 2 heterocycles. The summed E-state index contributed by atoms with van der Waals surface area (Å²) in [6, 6.07) is 0.0254. The van der Waals surface area contributed by atoms with Crippen molar-refractivity contribution in [1.82, 2.24) is 9.80 Å². The molecule has 5 heteroatoms. The fourth-order valence-corrected chi connectivity index (χ4v) is 3.08. The van der Waals surface area contributed by atoms with Crippen LogP contribution in [-0.4, -0.2) is 67.2 Å². The molecule has 2 rings (SSSR count). The van der Waals surface area contributed by atoms with E-state index in [4.69, 9.17) is 10.5 Å². The maximum atomic E-state index is 12.1. The van der Waals surface area contributed by atoms with Gasteiger partial charge in [0.25, 0.3) is 0 Å². The topological polar surface area (TPSA) is 58.8 Å². The van der Waals surface area contributed by atoms with Crippen LogP contribution < -0.4 is 5.73 Å². The van der Waals surface area contributed by atoms with Gasteiger partial charge in [0, 0.05) is 51.8 Å². The average molecular weight is 283 g/mol. The first-order valence-electron chi connectivity index (χ1n) is 8.06. The molecular weight excluding hydrogens is 254 g/mol. The molecule has 2 N–H and O–H groups in total. The molecular formula is C15H29N3O2. The Morgan fingerprint density at radius 1 is 1.35 bits per heavy atom. The molecule has 0 radical (unpaired) electrons. The molecule has 5 nitrogen and oxygen atoms in total. The van der Waals surface area contributed by atoms with Gasteiger partial charge >= 0.3 is 0 Å². The van der Waals surface area contributed by atoms with Crippen molar-refractivity contribution in [1.29, 1.82) is 0 Å². The maximum absolute atomic E-state index is 12.1. The number of rotatable bonds is 6. The normalized spacial score (nSPS) is 25.9. The molecule has 0 spiro atoms. The summed E-state index contributed by atoms with van der Waals surface area (Å²) in [6.45, 7) is 7.65. The van der Waals surface area contributed by atoms with Gasteiger partial charge in [-0.25, -0.2) is 0 Å². The Kier molecular flexibility index (Phi) is 6.26. The highest BCUT2D eigenvalue weighted by atomic mass is 16.5. The lowest BCUT2D eigenvalue weighted by molar-refractivity contribution is -0.133. The predicted molar refractivity (Wildman–Crippen MR) is 79.5 cm³/mol. The number of carbonyl (C=O) groups excluding carboxylic acids is 1. The summed E-state index contributed by atoms with van der Waals surface area (Å²) in [5, 5.41) is 0. The van der Waals surface area contributed by atoms with Crippen molar-refractivity contribution in [2.24, 2.45) is 5.73 Å². The van der Waals surface area contributed by atoms with E-state index in [9.17, 15) is 4.79 Å². The van der Waals surface area contributed by atoms with Crippen molar-refractivity contribution < 1.29 is 9.53 Å². The van der Waals surface area contributed by atoms with Crippen LogP contribution in [0.1, 0.15) is 39.0 Å². The van der Waals surface area contributed by atoms with Crippen molar-refractivity contribution in [3.8, 4) is 0 Å². The first-order valence-corrected chi connectivity index (χ1v) is 8.06. The molecule has 0 saturated carbocycles. The largest absolute Gasteiger partial charge is 0.377 e. The van der Waals surface area contributed by atoms with E-state index >= 15 is 0 Å². The second kappa shape index (κ2) is 7.96. The molecule has 2 atom stereocenters. The van der Waals surface area contributed by atoms with E-state index in [1.165, 1.54) is 12.8 Å². The van der Waals surface area contributed by atoms with E-state index in [1.807, 2.05) is 4.90 Å². The van der Waals surface area contributed by atoms with Crippen LogP contribution in [0.15, 0.2) is 0 Å². The second-order valence-corrected chi connectivity index (χ2v) is 6.07. The third kappa shape index (κ3) is 4.72. The summed E-state index contributed by atoms with van der Waals surface area (Å²) in [6.07, 6.45) is 5.27. The van der Waals surface area contributed by atoms with E-state index in [0.29, 0.717) is 12.5 Å². The minimum Gasteiger partial charge on any atom is -0.377 e. The summed E-state index contributed by atoms with van der Waals surface area (Å²) in [5.74, 6) is 0.225. The van der Waals surface area contributed by atoms with Crippen LogP contribution >= 0.6 is 0 Å². The van der Waals surface area contributed by atoms with Crippen molar-refractivity contribution in [2.75, 3.05) is 39.3 Å². The number of nitrogens with zero attached hydrogens (tertiary/aromatic N) is 2. The van der Waals surface area contributed by atoms with Crippen LogP contribution in [0, 0.1) is 0 Å². The number of ether oxygens (including phenoxy) is 1. The summed E-state index contributed by atoms with van der Waals surface area (Å²) in [5.41, 5.74) is 5.95. The van der Waals surface area contributed by atoms with E-state index in [2.05, 4.69) is 11.8 Å². The Balaban J connectivity index is 1.66. The lowest BCUT2D eigenvalue weighted by Gasteiger charge is -2.36. The number of amides is 1. The number of hydrogen-bond donors (Lipinski definition) is 1. The fraction of sp³-hybridized carbons (Fsp3) is 0.933. The minimum atomic E-state index is 0.0254. The standard InChI is InChI=1S/C15H29N3O2/c1-2-4-13(16)11-15(19)18-8-6-17(7-9-18)12-14-5-3-10-20-14/h13-14H,2-12,16H2,1H3. The molecule has 0 aromatic heterocycles. The van der Waals surface area contributed by atoms with Crippen LogP contribution in [-0.2, 0) is 9.53 Å². The zero-order chi connectivity index (χ0) is 14.4. The molecule has 116 valence electrons. The van der Waals surface area contributed by atoms with Crippen LogP contribution in [0.25, 0.3) is 0 Å². The third-order valence-corrected chi connectivity index (χ3v) is 4.31. The number of nitrogens with two attached hydrogens (primary N) is 1. The highest BCUT2D eigenvalue weighted by Crippen LogP contribution is 2.15. The summed E-state index contributed by atoms with van der Waals surface area (Å²) >= 11 is 0. The Hall–Kier alpha value is -0.650. The molecule has 1 amide bonds. The highest BCUT2D eigenvalue weighted by molar-refractivity contribution is 5.76. The van der Waals surface area contributed by atoms with Crippen LogP contribution in [0.5, 0.6) is 0 Å². The monoisotopic (exact) mass is 283 g/mol. The number of carbonyl (C=O) groups is 1. The molecule has 2 aliphatic rings. The molecule has 2 unspecified atom stereocenters. The first-order chi connectivity index (χ1) is 9.69. The molecule has 0 aromatic carbocycles. The van der Waals surface area contributed by atoms with E-state index in [-0.39, 0.29) is 11.9 Å². The van der Waals surface area contributed by atoms with Crippen LogP contribution in [0.4, 0.5) is 0 Å². The van der Waals surface area contributed by atoms with E-state index in [0.717, 1.165) is 52.2 Å². The second-order valence-electron chi connectivity index (χ2n) is 6.07. The van der Waals surface area contributed by atoms with Gasteiger partial charge in [0.05, 0.1) is 6.10 Å². The molecule has 2 saturated heterocycles. The quantitative estimate of drug-likeness (QED) is 0.784. The Morgan fingerprint density at radius 3 is 2.70 bits per heavy atom. The predicted octanol–water partition coefficient (Wildman–Crippen LogP) is 0.827. The van der Waals surface area contributed by atoms with E-state index < -0.39 is 0 Å². The zero-order valence-electron chi connectivity index (χ0n) is 12.7. The van der Waals surface area contributed by atoms with E-state index in [1.54, 1.807) is 0 Å². The molecule has 2 fully saturated rings. The molecule has 0 bridgehead atoms. The first kappa shape index (κ1) is 15.7. The molecule has 0 aliphatic carbocycles. The summed E-state index contributed by atoms with van der Waals surface area (Å²) in [7, 11) is 0. The highest BCUT2D eigenvalue weighted by Gasteiger charge is 2.25. The summed E-state index contributed by atoms with van der Waals surface area (Å²) in [4.78, 5) is 16.5. The molecule has 0 aromatic rings. The number of piperazine rings is 1. The Bertz CT molecular complexity index is 297. The van der Waals surface area contributed by atoms with Crippen molar-refractivity contribution in [3.05, 3.63) is 0 Å². The lowest BCUT2D eigenvalue weighted by Crippen LogP contribution is -2.51. The lowest BCUT2D eigenvalue weighted by atomic mass is 10.1. The van der Waals surface area contributed by atoms with Gasteiger partial charge in [-0.15, -0.1) is 0 Å². The van der Waals surface area contributed by atoms with Gasteiger partial charge in [0.2, 0.25) is 5.91 Å². The summed E-state index contributed by atoms with van der Waals surface area (Å²) < 4.78 is 5.67. The van der Waals surface area contributed by atoms with Gasteiger partial charge in [-0.2, -0.15) is 0 Å². The average Bonchev–Trinajstić information content (AvgIpc) is 2.92. The van der Waals surface area contributed by atoms with Gasteiger partial charge in [0.1, 0.15) is 0 Å². The van der Waals surface area contributed by atoms with Gasteiger partial charge in [0.15, 0.2) is 0 Å². The SMILES string of the molecule is CCCC(N)CC(=O)N1CCN(CC2CCCO2)CC1. The van der Waals surface area contributed by atoms with Gasteiger partial charge in [-0.05, 0) is 19.3 Å². The minimum absolute atomic E-state index is 0.0254. The fourth-order valence-electron chi connectivity index (χ4n) is 3.08. The van der Waals surface area contributed by atoms with Crippen molar-refractivity contribution in [3.63, 3.8) is 0 Å². The third-order valence-electron chi connectivity index (χ3n) is 4.31. The smallest absolute Gasteiger partial charge is 0.224 e. The number of hydrogen-bond acceptors (Lipinski definition) is 4. The molecule has 2 aliphatic heterocycles. The van der Waals surface area contributed by atoms with Crippen molar-refractivity contribution in [2.45, 2.75) is 51.2 Å². The van der Waals surface area contributed by atoms with Crippen LogP contribution in [0.3, 0.4) is 0 Å². The van der Waals surface area contributed by atoms with Crippen molar-refractivity contribution >= 4 is 5.91 Å². The Labute approximate surface area is 122 Å².